The number of esters is 1. The van der Waals surface area contributed by atoms with E-state index in [0.717, 1.165) is 11.1 Å². The van der Waals surface area contributed by atoms with Crippen LogP contribution in [0.25, 0.3) is 0 Å². The van der Waals surface area contributed by atoms with Gasteiger partial charge >= 0.3 is 5.97 Å². The van der Waals surface area contributed by atoms with Gasteiger partial charge in [0, 0.05) is 11.6 Å². The topological polar surface area (TPSA) is 113 Å². The molecule has 0 spiro atoms. The molecule has 1 aliphatic heterocycles. The van der Waals surface area contributed by atoms with E-state index in [2.05, 4.69) is 19.9 Å². The van der Waals surface area contributed by atoms with E-state index >= 15 is 0 Å². The van der Waals surface area contributed by atoms with Gasteiger partial charge in [-0.3, -0.25) is 4.79 Å². The molecule has 1 unspecified atom stereocenters. The number of carbonyl (C=O) groups excluding carboxylic acids is 1. The molecule has 1 heterocycles. The summed E-state index contributed by atoms with van der Waals surface area (Å²) >= 11 is 0. The molecule has 3 aromatic carbocycles. The van der Waals surface area contributed by atoms with Crippen LogP contribution in [0.5, 0.6) is 28.7 Å². The number of carbonyl (C=O) groups is 1. The number of ether oxygens (including phenoxy) is 5. The van der Waals surface area contributed by atoms with Crippen LogP contribution in [0.2, 0.25) is 0 Å². The highest BCUT2D eigenvalue weighted by Gasteiger charge is 2.31. The lowest BCUT2D eigenvalue weighted by Gasteiger charge is -2.27. The maximum atomic E-state index is 12.6. The first-order valence-corrected chi connectivity index (χ1v) is 12.2. The van der Waals surface area contributed by atoms with E-state index in [9.17, 15) is 10.1 Å². The average Bonchev–Trinajstić information content (AvgIpc) is 2.91. The van der Waals surface area contributed by atoms with Crippen LogP contribution in [0.3, 0.4) is 0 Å². The van der Waals surface area contributed by atoms with E-state index in [0.29, 0.717) is 46.8 Å². The van der Waals surface area contributed by atoms with E-state index in [4.69, 9.17) is 29.4 Å². The summed E-state index contributed by atoms with van der Waals surface area (Å²) < 4.78 is 27.9. The van der Waals surface area contributed by atoms with Crippen molar-refractivity contribution in [3.05, 3.63) is 88.8 Å². The number of rotatable bonds is 9. The number of nitrogens with zero attached hydrogens (tertiary/aromatic N) is 1. The number of allylic oxidation sites excluding steroid dienone is 1. The minimum Gasteiger partial charge on any atom is -0.497 e. The smallest absolute Gasteiger partial charge is 0.315 e. The Balaban J connectivity index is 1.59. The zero-order valence-corrected chi connectivity index (χ0v) is 21.8. The fraction of sp³-hybridized carbons (Fsp3) is 0.267. The Morgan fingerprint density at radius 3 is 2.39 bits per heavy atom. The highest BCUT2D eigenvalue weighted by atomic mass is 16.5. The Hall–Kier alpha value is -4.64. The van der Waals surface area contributed by atoms with Crippen LogP contribution < -0.4 is 29.4 Å². The van der Waals surface area contributed by atoms with Crippen molar-refractivity contribution in [1.29, 1.82) is 5.26 Å². The summed E-state index contributed by atoms with van der Waals surface area (Å²) in [6.45, 7) is 4.68. The number of hydrogen-bond acceptors (Lipinski definition) is 8. The molecule has 8 heteroatoms. The van der Waals surface area contributed by atoms with E-state index in [1.54, 1.807) is 44.6 Å². The molecule has 3 aromatic rings. The van der Waals surface area contributed by atoms with Gasteiger partial charge in [-0.05, 0) is 47.4 Å². The van der Waals surface area contributed by atoms with Crippen LogP contribution in [-0.2, 0) is 11.2 Å². The van der Waals surface area contributed by atoms with Crippen molar-refractivity contribution in [2.75, 3.05) is 20.8 Å². The van der Waals surface area contributed by atoms with Crippen LogP contribution in [0, 0.1) is 17.2 Å². The van der Waals surface area contributed by atoms with Crippen LogP contribution in [-0.4, -0.2) is 26.8 Å². The van der Waals surface area contributed by atoms with Crippen LogP contribution in [0.4, 0.5) is 0 Å². The summed E-state index contributed by atoms with van der Waals surface area (Å²) in [5, 5.41) is 9.89. The van der Waals surface area contributed by atoms with Gasteiger partial charge < -0.3 is 29.4 Å². The largest absolute Gasteiger partial charge is 0.497 e. The molecule has 1 atom stereocenters. The second-order valence-electron chi connectivity index (χ2n) is 9.24. The number of nitrogens with two attached hydrogens (primary N) is 1. The SMILES string of the molecule is COc1ccc(CC(=O)Oc2ccc3c(c2)OC(N)=C(C#N)C3c2ccc(OCC(C)C)c(OC)c2)cc1. The lowest BCUT2D eigenvalue weighted by atomic mass is 9.83. The van der Waals surface area contributed by atoms with E-state index < -0.39 is 11.9 Å². The first-order chi connectivity index (χ1) is 18.3. The van der Waals surface area contributed by atoms with Crippen molar-refractivity contribution in [2.24, 2.45) is 11.7 Å². The molecule has 0 amide bonds. The third-order valence-corrected chi connectivity index (χ3v) is 6.02. The van der Waals surface area contributed by atoms with Crippen LogP contribution in [0.15, 0.2) is 72.1 Å². The second kappa shape index (κ2) is 11.6. The minimum atomic E-state index is -0.499. The number of benzene rings is 3. The molecule has 0 aliphatic carbocycles. The molecule has 8 nitrogen and oxygen atoms in total. The van der Waals surface area contributed by atoms with Crippen molar-refractivity contribution >= 4 is 5.97 Å². The van der Waals surface area contributed by atoms with Crippen molar-refractivity contribution in [2.45, 2.75) is 26.2 Å². The molecule has 0 saturated carbocycles. The molecular formula is C30H30N2O6. The van der Waals surface area contributed by atoms with E-state index in [-0.39, 0.29) is 17.9 Å². The van der Waals surface area contributed by atoms with Crippen LogP contribution in [0.1, 0.15) is 36.5 Å². The molecule has 4 rings (SSSR count). The lowest BCUT2D eigenvalue weighted by Crippen LogP contribution is -2.21. The van der Waals surface area contributed by atoms with Gasteiger partial charge in [0.2, 0.25) is 5.88 Å². The predicted molar refractivity (Wildman–Crippen MR) is 141 cm³/mol. The number of fused-ring (bicyclic) bond motifs is 1. The molecule has 0 radical (unpaired) electrons. The highest BCUT2D eigenvalue weighted by molar-refractivity contribution is 5.75. The van der Waals surface area contributed by atoms with Gasteiger partial charge in [0.05, 0.1) is 33.2 Å². The van der Waals surface area contributed by atoms with E-state index in [1.807, 2.05) is 30.3 Å². The number of nitriles is 1. The molecule has 1 aliphatic rings. The number of methoxy groups -OCH3 is 2. The molecule has 0 bridgehead atoms. The molecular weight excluding hydrogens is 484 g/mol. The molecule has 0 saturated heterocycles. The Bertz CT molecular complexity index is 1390. The summed E-state index contributed by atoms with van der Waals surface area (Å²) in [5.41, 5.74) is 8.72. The van der Waals surface area contributed by atoms with Gasteiger partial charge in [0.1, 0.15) is 28.9 Å². The molecule has 38 heavy (non-hydrogen) atoms. The molecule has 0 aromatic heterocycles. The summed E-state index contributed by atoms with van der Waals surface area (Å²) in [7, 11) is 3.16. The van der Waals surface area contributed by atoms with Crippen molar-refractivity contribution in [3.63, 3.8) is 0 Å². The third kappa shape index (κ3) is 5.84. The maximum Gasteiger partial charge on any atom is 0.315 e. The maximum absolute atomic E-state index is 12.6. The van der Waals surface area contributed by atoms with Gasteiger partial charge in [-0.1, -0.05) is 38.1 Å². The van der Waals surface area contributed by atoms with Gasteiger partial charge in [-0.15, -0.1) is 0 Å². The highest BCUT2D eigenvalue weighted by Crippen LogP contribution is 2.45. The fourth-order valence-corrected chi connectivity index (χ4v) is 4.16. The monoisotopic (exact) mass is 514 g/mol. The average molecular weight is 515 g/mol. The normalized spacial score (nSPS) is 14.3. The molecule has 2 N–H and O–H groups in total. The van der Waals surface area contributed by atoms with Crippen LogP contribution >= 0.6 is 0 Å². The first-order valence-electron chi connectivity index (χ1n) is 12.2. The summed E-state index contributed by atoms with van der Waals surface area (Å²) in [5.74, 6) is 2.01. The summed E-state index contributed by atoms with van der Waals surface area (Å²) in [6.07, 6.45) is 0.0935. The standard InChI is InChI=1S/C30H30N2O6/c1-18(2)17-36-25-12-7-20(14-27(25)35-4)29-23-11-10-22(15-26(23)38-30(32)24(29)16-31)37-28(33)13-19-5-8-21(34-3)9-6-19/h5-12,14-15,18,29H,13,17,32H2,1-4H3. The summed E-state index contributed by atoms with van der Waals surface area (Å²) in [4.78, 5) is 12.6. The van der Waals surface area contributed by atoms with Crippen molar-refractivity contribution in [1.82, 2.24) is 0 Å². The van der Waals surface area contributed by atoms with Crippen molar-refractivity contribution in [3.8, 4) is 34.8 Å². The quantitative estimate of drug-likeness (QED) is 0.310. The summed E-state index contributed by atoms with van der Waals surface area (Å²) in [6, 6.07) is 20.0. The number of hydrogen-bond donors (Lipinski definition) is 1. The zero-order chi connectivity index (χ0) is 27.2. The lowest BCUT2D eigenvalue weighted by molar-refractivity contribution is -0.133. The second-order valence-corrected chi connectivity index (χ2v) is 9.24. The molecule has 196 valence electrons. The third-order valence-electron chi connectivity index (χ3n) is 6.02. The Kier molecular flexibility index (Phi) is 8.07. The van der Waals surface area contributed by atoms with Gasteiger partial charge in [-0.2, -0.15) is 5.26 Å². The molecule has 0 fully saturated rings. The first kappa shape index (κ1) is 26.4. The van der Waals surface area contributed by atoms with Gasteiger partial charge in [0.15, 0.2) is 11.5 Å². The van der Waals surface area contributed by atoms with Crippen molar-refractivity contribution < 1.29 is 28.5 Å². The van der Waals surface area contributed by atoms with Gasteiger partial charge in [-0.25, -0.2) is 0 Å². The predicted octanol–water partition coefficient (Wildman–Crippen LogP) is 5.10. The Morgan fingerprint density at radius 1 is 1.00 bits per heavy atom. The minimum absolute atomic E-state index is 0.00851. The Labute approximate surface area is 222 Å². The van der Waals surface area contributed by atoms with Gasteiger partial charge in [0.25, 0.3) is 0 Å². The fourth-order valence-electron chi connectivity index (χ4n) is 4.16. The van der Waals surface area contributed by atoms with E-state index in [1.165, 1.54) is 0 Å². The zero-order valence-electron chi connectivity index (χ0n) is 21.8. The Morgan fingerprint density at radius 2 is 1.74 bits per heavy atom.